The molecular formula is C26H34N4O4. The first-order chi connectivity index (χ1) is 16.5. The summed E-state index contributed by atoms with van der Waals surface area (Å²) in [6.07, 6.45) is 1.30. The van der Waals surface area contributed by atoms with Crippen LogP contribution in [-0.4, -0.2) is 64.1 Å². The molecule has 2 N–H and O–H groups in total. The summed E-state index contributed by atoms with van der Waals surface area (Å²) >= 11 is 0. The van der Waals surface area contributed by atoms with Crippen LogP contribution in [0.3, 0.4) is 0 Å². The van der Waals surface area contributed by atoms with Crippen LogP contribution >= 0.6 is 0 Å². The number of aromatic nitrogens is 2. The Hall–Kier alpha value is -3.10. The summed E-state index contributed by atoms with van der Waals surface area (Å²) in [5.74, 6) is 1.15. The molecule has 0 bridgehead atoms. The summed E-state index contributed by atoms with van der Waals surface area (Å²) in [6.45, 7) is 7.48. The highest BCUT2D eigenvalue weighted by atomic mass is 16.5. The summed E-state index contributed by atoms with van der Waals surface area (Å²) in [5, 5.41) is 13.4. The Kier molecular flexibility index (Phi) is 7.70. The number of nitrogens with zero attached hydrogens (tertiary/aromatic N) is 3. The van der Waals surface area contributed by atoms with Crippen LogP contribution in [0.2, 0.25) is 0 Å². The molecular weight excluding hydrogens is 432 g/mol. The Morgan fingerprint density at radius 1 is 1.12 bits per heavy atom. The van der Waals surface area contributed by atoms with Gasteiger partial charge in [-0.25, -0.2) is 14.2 Å². The highest BCUT2D eigenvalue weighted by Crippen LogP contribution is 2.19. The van der Waals surface area contributed by atoms with Crippen molar-refractivity contribution in [3.8, 4) is 5.75 Å². The Bertz CT molecular complexity index is 1180. The van der Waals surface area contributed by atoms with E-state index in [1.165, 1.54) is 4.57 Å². The number of β-amino-alcohol motifs (C(OH)–C–C–N with tert-alkyl or cyclic N) is 1. The maximum Gasteiger partial charge on any atom is 0.337 e. The van der Waals surface area contributed by atoms with E-state index in [4.69, 9.17) is 4.74 Å². The number of likely N-dealkylation sites (tertiary alicyclic amines) is 1. The predicted octanol–water partition coefficient (Wildman–Crippen LogP) is 2.84. The van der Waals surface area contributed by atoms with E-state index in [1.807, 2.05) is 56.3 Å². The number of aliphatic hydroxyl groups excluding tert-OH is 1. The quantitative estimate of drug-likeness (QED) is 0.533. The van der Waals surface area contributed by atoms with E-state index in [0.717, 1.165) is 42.8 Å². The molecule has 1 aromatic heterocycles. The van der Waals surface area contributed by atoms with Gasteiger partial charge < -0.3 is 20.1 Å². The fraction of sp³-hybridized carbons (Fsp3) is 0.462. The van der Waals surface area contributed by atoms with Crippen molar-refractivity contribution in [2.75, 3.05) is 32.8 Å². The third kappa shape index (κ3) is 5.34. The first kappa shape index (κ1) is 24.0. The lowest BCUT2D eigenvalue weighted by molar-refractivity contribution is 0.0550. The Labute approximate surface area is 199 Å². The summed E-state index contributed by atoms with van der Waals surface area (Å²) in [7, 11) is 0. The lowest BCUT2D eigenvalue weighted by Crippen LogP contribution is -2.44. The van der Waals surface area contributed by atoms with Crippen LogP contribution in [0.4, 0.5) is 4.79 Å². The minimum atomic E-state index is -0.557. The number of aliphatic hydroxyl groups is 1. The topological polar surface area (TPSA) is 88.7 Å². The van der Waals surface area contributed by atoms with Gasteiger partial charge in [0.2, 0.25) is 0 Å². The van der Waals surface area contributed by atoms with Crippen LogP contribution in [0.15, 0.2) is 53.3 Å². The van der Waals surface area contributed by atoms with Crippen LogP contribution in [0.25, 0.3) is 11.0 Å². The second kappa shape index (κ2) is 10.9. The third-order valence-corrected chi connectivity index (χ3v) is 6.60. The van der Waals surface area contributed by atoms with Crippen molar-refractivity contribution in [2.45, 2.75) is 39.3 Å². The number of imidazole rings is 1. The molecule has 0 saturated carbocycles. The van der Waals surface area contributed by atoms with Crippen LogP contribution in [0, 0.1) is 12.8 Å². The maximum absolute atomic E-state index is 12.9. The summed E-state index contributed by atoms with van der Waals surface area (Å²) in [5.41, 5.74) is 2.14. The molecule has 8 heteroatoms. The van der Waals surface area contributed by atoms with Crippen LogP contribution in [-0.2, 0) is 6.54 Å². The average molecular weight is 467 g/mol. The first-order valence-electron chi connectivity index (χ1n) is 12.0. The fourth-order valence-corrected chi connectivity index (χ4v) is 4.65. The molecule has 0 spiro atoms. The van der Waals surface area contributed by atoms with E-state index in [1.54, 1.807) is 10.6 Å². The van der Waals surface area contributed by atoms with E-state index >= 15 is 0 Å². The number of aryl methyl sites for hydroxylation is 2. The minimum absolute atomic E-state index is 0.265. The summed E-state index contributed by atoms with van der Waals surface area (Å²) < 4.78 is 8.61. The molecule has 2 heterocycles. The van der Waals surface area contributed by atoms with Gasteiger partial charge in [-0.1, -0.05) is 30.3 Å². The number of nitrogens with one attached hydrogen (secondary N) is 1. The van der Waals surface area contributed by atoms with Crippen LogP contribution < -0.4 is 15.7 Å². The van der Waals surface area contributed by atoms with Gasteiger partial charge in [0, 0.05) is 19.6 Å². The van der Waals surface area contributed by atoms with E-state index in [2.05, 4.69) is 10.2 Å². The van der Waals surface area contributed by atoms with Gasteiger partial charge in [0.15, 0.2) is 0 Å². The smallest absolute Gasteiger partial charge is 0.337 e. The largest absolute Gasteiger partial charge is 0.491 e. The number of hydrogen-bond donors (Lipinski definition) is 2. The number of rotatable bonds is 8. The van der Waals surface area contributed by atoms with Crippen molar-refractivity contribution in [1.82, 2.24) is 19.4 Å². The number of ether oxygens (including phenoxy) is 1. The number of para-hydroxylation sites is 3. The van der Waals surface area contributed by atoms with Gasteiger partial charge >= 0.3 is 11.7 Å². The van der Waals surface area contributed by atoms with Crippen molar-refractivity contribution in [1.29, 1.82) is 0 Å². The Balaban J connectivity index is 1.24. The van der Waals surface area contributed by atoms with Crippen molar-refractivity contribution >= 4 is 17.1 Å². The molecule has 182 valence electrons. The molecule has 1 amide bonds. The van der Waals surface area contributed by atoms with E-state index in [0.29, 0.717) is 31.1 Å². The molecule has 0 radical (unpaired) electrons. The van der Waals surface area contributed by atoms with Gasteiger partial charge in [-0.2, -0.15) is 0 Å². The van der Waals surface area contributed by atoms with Crippen LogP contribution in [0.5, 0.6) is 5.75 Å². The second-order valence-corrected chi connectivity index (χ2v) is 9.01. The summed E-state index contributed by atoms with van der Waals surface area (Å²) in [6, 6.07) is 14.8. The number of piperidine rings is 1. The Morgan fingerprint density at radius 3 is 2.50 bits per heavy atom. The monoisotopic (exact) mass is 466 g/mol. The van der Waals surface area contributed by atoms with Gasteiger partial charge in [0.05, 0.1) is 11.0 Å². The average Bonchev–Trinajstić information content (AvgIpc) is 3.14. The fourth-order valence-electron chi connectivity index (χ4n) is 4.65. The van der Waals surface area contributed by atoms with Crippen molar-refractivity contribution in [3.63, 3.8) is 0 Å². The molecule has 1 unspecified atom stereocenters. The standard InChI is InChI=1S/C26H34N4O4/c1-3-29-22-9-5-6-10-23(22)30(26(29)33)25(32)27-16-20-12-14-28(15-13-20)17-21(31)18-34-24-11-7-4-8-19(24)2/h4-11,20-21,31H,3,12-18H2,1-2H3,(H,27,32). The molecule has 1 fully saturated rings. The number of benzene rings is 2. The lowest BCUT2D eigenvalue weighted by atomic mass is 9.96. The molecule has 34 heavy (non-hydrogen) atoms. The van der Waals surface area contributed by atoms with Gasteiger partial charge in [0.25, 0.3) is 0 Å². The number of amides is 1. The zero-order valence-electron chi connectivity index (χ0n) is 19.9. The molecule has 4 rings (SSSR count). The summed E-state index contributed by atoms with van der Waals surface area (Å²) in [4.78, 5) is 27.8. The molecule has 1 aliphatic heterocycles. The van der Waals surface area contributed by atoms with Gasteiger partial charge in [0.1, 0.15) is 18.5 Å². The first-order valence-corrected chi connectivity index (χ1v) is 12.0. The van der Waals surface area contributed by atoms with E-state index < -0.39 is 6.10 Å². The van der Waals surface area contributed by atoms with E-state index in [-0.39, 0.29) is 18.3 Å². The molecule has 3 aromatic rings. The normalized spacial score (nSPS) is 16.0. The molecule has 1 aliphatic rings. The highest BCUT2D eigenvalue weighted by molar-refractivity contribution is 5.89. The van der Waals surface area contributed by atoms with Gasteiger partial charge in [-0.05, 0) is 69.5 Å². The van der Waals surface area contributed by atoms with Gasteiger partial charge in [-0.3, -0.25) is 4.57 Å². The lowest BCUT2D eigenvalue weighted by Gasteiger charge is -2.33. The Morgan fingerprint density at radius 2 is 1.79 bits per heavy atom. The maximum atomic E-state index is 12.9. The number of hydrogen-bond acceptors (Lipinski definition) is 5. The van der Waals surface area contributed by atoms with Crippen molar-refractivity contribution in [2.24, 2.45) is 5.92 Å². The molecule has 8 nitrogen and oxygen atoms in total. The zero-order valence-corrected chi connectivity index (χ0v) is 19.9. The molecule has 1 atom stereocenters. The predicted molar refractivity (Wildman–Crippen MR) is 133 cm³/mol. The third-order valence-electron chi connectivity index (χ3n) is 6.60. The number of carbonyl (C=O) groups excluding carboxylic acids is 1. The molecule has 2 aromatic carbocycles. The SMILES string of the molecule is CCn1c(=O)n(C(=O)NCC2CCN(CC(O)COc3ccccc3C)CC2)c2ccccc21. The highest BCUT2D eigenvalue weighted by Gasteiger charge is 2.23. The van der Waals surface area contributed by atoms with Gasteiger partial charge in [-0.15, -0.1) is 0 Å². The zero-order chi connectivity index (χ0) is 24.1. The van der Waals surface area contributed by atoms with Crippen molar-refractivity contribution in [3.05, 3.63) is 64.6 Å². The van der Waals surface area contributed by atoms with E-state index in [9.17, 15) is 14.7 Å². The minimum Gasteiger partial charge on any atom is -0.491 e. The van der Waals surface area contributed by atoms with Crippen LogP contribution in [0.1, 0.15) is 25.3 Å². The number of carbonyl (C=O) groups is 1. The molecule has 1 saturated heterocycles. The van der Waals surface area contributed by atoms with Crippen molar-refractivity contribution < 1.29 is 14.6 Å². The number of fused-ring (bicyclic) bond motifs is 1. The molecule has 0 aliphatic carbocycles. The second-order valence-electron chi connectivity index (χ2n) is 9.01.